The zero-order valence-electron chi connectivity index (χ0n) is 13.8. The summed E-state index contributed by atoms with van der Waals surface area (Å²) in [5.41, 5.74) is 5.73. The van der Waals surface area contributed by atoms with E-state index in [9.17, 15) is 9.59 Å². The SMILES string of the molecule is CC(C)(C)OC(=O)N1CCC(C(=O)Nc2cccnc2N)CC1. The fourth-order valence-corrected chi connectivity index (χ4v) is 2.41. The van der Waals surface area contributed by atoms with E-state index < -0.39 is 5.60 Å². The quantitative estimate of drug-likeness (QED) is 0.871. The van der Waals surface area contributed by atoms with Crippen LogP contribution in [-0.4, -0.2) is 40.6 Å². The predicted octanol–water partition coefficient (Wildman–Crippen LogP) is 2.25. The number of aromatic nitrogens is 1. The van der Waals surface area contributed by atoms with Crippen LogP contribution in [0.5, 0.6) is 0 Å². The van der Waals surface area contributed by atoms with Gasteiger partial charge in [-0.25, -0.2) is 9.78 Å². The van der Waals surface area contributed by atoms with E-state index in [-0.39, 0.29) is 17.9 Å². The highest BCUT2D eigenvalue weighted by molar-refractivity contribution is 5.94. The number of nitrogen functional groups attached to an aromatic ring is 1. The highest BCUT2D eigenvalue weighted by Crippen LogP contribution is 2.22. The van der Waals surface area contributed by atoms with Crippen molar-refractivity contribution in [3.8, 4) is 0 Å². The van der Waals surface area contributed by atoms with Gasteiger partial charge in [-0.2, -0.15) is 0 Å². The van der Waals surface area contributed by atoms with E-state index in [1.807, 2.05) is 20.8 Å². The summed E-state index contributed by atoms with van der Waals surface area (Å²) in [5, 5.41) is 2.80. The Morgan fingerprint density at radius 2 is 2.00 bits per heavy atom. The lowest BCUT2D eigenvalue weighted by atomic mass is 9.96. The molecule has 1 saturated heterocycles. The Bertz CT molecular complexity index is 575. The monoisotopic (exact) mass is 320 g/mol. The molecule has 3 N–H and O–H groups in total. The van der Waals surface area contributed by atoms with Crippen LogP contribution < -0.4 is 11.1 Å². The van der Waals surface area contributed by atoms with Crippen molar-refractivity contribution in [1.82, 2.24) is 9.88 Å². The summed E-state index contributed by atoms with van der Waals surface area (Å²) in [5.74, 6) is 0.0638. The molecular formula is C16H24N4O3. The van der Waals surface area contributed by atoms with Gasteiger partial charge < -0.3 is 20.7 Å². The van der Waals surface area contributed by atoms with Crippen molar-refractivity contribution in [2.45, 2.75) is 39.2 Å². The molecule has 0 aliphatic carbocycles. The fourth-order valence-electron chi connectivity index (χ4n) is 2.41. The molecule has 0 aromatic carbocycles. The van der Waals surface area contributed by atoms with Crippen molar-refractivity contribution in [1.29, 1.82) is 0 Å². The standard InChI is InChI=1S/C16H24N4O3/c1-16(2,3)23-15(22)20-9-6-11(7-10-20)14(21)19-12-5-4-8-18-13(12)17/h4-5,8,11H,6-7,9-10H2,1-3H3,(H2,17,18)(H,19,21). The number of pyridine rings is 1. The molecule has 0 saturated carbocycles. The lowest BCUT2D eigenvalue weighted by molar-refractivity contribution is -0.121. The predicted molar refractivity (Wildman–Crippen MR) is 87.8 cm³/mol. The Kier molecular flexibility index (Phi) is 5.08. The van der Waals surface area contributed by atoms with E-state index in [4.69, 9.17) is 10.5 Å². The smallest absolute Gasteiger partial charge is 0.410 e. The largest absolute Gasteiger partial charge is 0.444 e. The Hall–Kier alpha value is -2.31. The molecule has 0 bridgehead atoms. The van der Waals surface area contributed by atoms with Crippen molar-refractivity contribution in [2.24, 2.45) is 5.92 Å². The summed E-state index contributed by atoms with van der Waals surface area (Å²) in [6.07, 6.45) is 2.45. The number of ether oxygens (including phenoxy) is 1. The van der Waals surface area contributed by atoms with Gasteiger partial charge in [0, 0.05) is 25.2 Å². The molecule has 7 nitrogen and oxygen atoms in total. The highest BCUT2D eigenvalue weighted by atomic mass is 16.6. The lowest BCUT2D eigenvalue weighted by Gasteiger charge is -2.32. The molecule has 126 valence electrons. The van der Waals surface area contributed by atoms with Gasteiger partial charge in [0.1, 0.15) is 11.4 Å². The van der Waals surface area contributed by atoms with Gasteiger partial charge in [0.05, 0.1) is 5.69 Å². The average molecular weight is 320 g/mol. The molecule has 2 rings (SSSR count). The minimum absolute atomic E-state index is 0.0893. The minimum Gasteiger partial charge on any atom is -0.444 e. The number of piperidine rings is 1. The molecule has 1 aliphatic heterocycles. The fraction of sp³-hybridized carbons (Fsp3) is 0.562. The van der Waals surface area contributed by atoms with E-state index >= 15 is 0 Å². The molecule has 0 atom stereocenters. The second-order valence-corrected chi connectivity index (χ2v) is 6.67. The summed E-state index contributed by atoms with van der Waals surface area (Å²) in [7, 11) is 0. The second kappa shape index (κ2) is 6.85. The molecule has 2 heterocycles. The minimum atomic E-state index is -0.511. The first-order chi connectivity index (χ1) is 10.8. The van der Waals surface area contributed by atoms with Crippen LogP contribution in [0.1, 0.15) is 33.6 Å². The van der Waals surface area contributed by atoms with Crippen molar-refractivity contribution in [2.75, 3.05) is 24.1 Å². The molecule has 7 heteroatoms. The maximum absolute atomic E-state index is 12.3. The number of carbonyl (C=O) groups is 2. The van der Waals surface area contributed by atoms with E-state index in [2.05, 4.69) is 10.3 Å². The molecule has 1 aliphatic rings. The number of amides is 2. The molecule has 1 fully saturated rings. The maximum Gasteiger partial charge on any atom is 0.410 e. The normalized spacial score (nSPS) is 16.0. The Morgan fingerprint density at radius 3 is 2.57 bits per heavy atom. The van der Waals surface area contributed by atoms with Crippen molar-refractivity contribution >= 4 is 23.5 Å². The van der Waals surface area contributed by atoms with Crippen molar-refractivity contribution in [3.63, 3.8) is 0 Å². The summed E-state index contributed by atoms with van der Waals surface area (Å²) >= 11 is 0. The van der Waals surface area contributed by atoms with Crippen LogP contribution >= 0.6 is 0 Å². The third-order valence-corrected chi connectivity index (χ3v) is 3.61. The Balaban J connectivity index is 1.85. The van der Waals surface area contributed by atoms with Gasteiger partial charge >= 0.3 is 6.09 Å². The van der Waals surface area contributed by atoms with Crippen molar-refractivity contribution in [3.05, 3.63) is 18.3 Å². The lowest BCUT2D eigenvalue weighted by Crippen LogP contribution is -2.43. The van der Waals surface area contributed by atoms with Crippen LogP contribution in [0, 0.1) is 5.92 Å². The number of hydrogen-bond acceptors (Lipinski definition) is 5. The van der Waals surface area contributed by atoms with Crippen molar-refractivity contribution < 1.29 is 14.3 Å². The van der Waals surface area contributed by atoms with Gasteiger partial charge in [-0.3, -0.25) is 4.79 Å². The summed E-state index contributed by atoms with van der Waals surface area (Å²) in [4.78, 5) is 29.9. The number of nitrogens with zero attached hydrogens (tertiary/aromatic N) is 2. The Morgan fingerprint density at radius 1 is 1.35 bits per heavy atom. The van der Waals surface area contributed by atoms with Gasteiger partial charge in [-0.15, -0.1) is 0 Å². The number of nitrogens with two attached hydrogens (primary N) is 1. The third-order valence-electron chi connectivity index (χ3n) is 3.61. The topological polar surface area (TPSA) is 97.5 Å². The third kappa shape index (κ3) is 4.84. The number of rotatable bonds is 2. The number of hydrogen-bond donors (Lipinski definition) is 2. The van der Waals surface area contributed by atoms with Gasteiger partial charge in [0.2, 0.25) is 5.91 Å². The van der Waals surface area contributed by atoms with Crippen LogP contribution in [0.4, 0.5) is 16.3 Å². The zero-order chi connectivity index (χ0) is 17.0. The van der Waals surface area contributed by atoms with E-state index in [0.29, 0.717) is 37.4 Å². The second-order valence-electron chi connectivity index (χ2n) is 6.67. The number of nitrogens with one attached hydrogen (secondary N) is 1. The Labute approximate surface area is 136 Å². The van der Waals surface area contributed by atoms with E-state index in [1.54, 1.807) is 23.2 Å². The van der Waals surface area contributed by atoms with Gasteiger partial charge in [-0.1, -0.05) is 0 Å². The van der Waals surface area contributed by atoms with Gasteiger partial charge in [-0.05, 0) is 45.7 Å². The maximum atomic E-state index is 12.3. The van der Waals surface area contributed by atoms with Crippen LogP contribution in [0.3, 0.4) is 0 Å². The first kappa shape index (κ1) is 17.1. The first-order valence-electron chi connectivity index (χ1n) is 7.75. The van der Waals surface area contributed by atoms with Gasteiger partial charge in [0.15, 0.2) is 0 Å². The molecule has 1 aromatic heterocycles. The molecule has 0 radical (unpaired) electrons. The summed E-state index contributed by atoms with van der Waals surface area (Å²) in [6.45, 7) is 6.53. The molecule has 23 heavy (non-hydrogen) atoms. The molecule has 0 unspecified atom stereocenters. The number of likely N-dealkylation sites (tertiary alicyclic amines) is 1. The van der Waals surface area contributed by atoms with Crippen LogP contribution in [0.25, 0.3) is 0 Å². The number of anilines is 2. The van der Waals surface area contributed by atoms with E-state index in [0.717, 1.165) is 0 Å². The van der Waals surface area contributed by atoms with Crippen LogP contribution in [0.15, 0.2) is 18.3 Å². The zero-order valence-corrected chi connectivity index (χ0v) is 13.8. The summed E-state index contributed by atoms with van der Waals surface area (Å²) < 4.78 is 5.35. The van der Waals surface area contributed by atoms with Gasteiger partial charge in [0.25, 0.3) is 0 Å². The first-order valence-corrected chi connectivity index (χ1v) is 7.75. The van der Waals surface area contributed by atoms with Crippen LogP contribution in [0.2, 0.25) is 0 Å². The van der Waals surface area contributed by atoms with E-state index in [1.165, 1.54) is 0 Å². The average Bonchev–Trinajstić information content (AvgIpc) is 2.48. The molecule has 0 spiro atoms. The highest BCUT2D eigenvalue weighted by Gasteiger charge is 2.30. The van der Waals surface area contributed by atoms with Crippen LogP contribution in [-0.2, 0) is 9.53 Å². The molecule has 1 aromatic rings. The molecule has 2 amide bonds. The number of carbonyl (C=O) groups excluding carboxylic acids is 2. The summed E-state index contributed by atoms with van der Waals surface area (Å²) in [6, 6.07) is 3.44. The molecular weight excluding hydrogens is 296 g/mol.